The number of nitrogens with zero attached hydrogens (tertiary/aromatic N) is 2. The number of para-hydroxylation sites is 3. The molecule has 2 aliphatic heterocycles. The summed E-state index contributed by atoms with van der Waals surface area (Å²) < 4.78 is 24.7. The Kier molecular flexibility index (Phi) is 5.89. The molecule has 3 aromatic rings. The Morgan fingerprint density at radius 3 is 2.75 bits per heavy atom. The van der Waals surface area contributed by atoms with Crippen LogP contribution in [0.5, 0.6) is 17.2 Å². The number of carbonyl (C=O) groups is 1. The molecule has 5 rings (SSSR count). The van der Waals surface area contributed by atoms with Crippen LogP contribution in [0.1, 0.15) is 26.7 Å². The molecule has 168 valence electrons. The Hall–Kier alpha value is -2.84. The lowest BCUT2D eigenvalue weighted by Crippen LogP contribution is -2.52. The molecular weight excluding hydrogens is 428 g/mol. The molecule has 2 aromatic carbocycles. The Balaban J connectivity index is 1.49. The first-order valence-electron chi connectivity index (χ1n) is 11.0. The van der Waals surface area contributed by atoms with E-state index in [0.29, 0.717) is 36.4 Å². The first kappa shape index (κ1) is 21.0. The third kappa shape index (κ3) is 4.00. The van der Waals surface area contributed by atoms with E-state index < -0.39 is 12.2 Å². The van der Waals surface area contributed by atoms with E-state index in [1.807, 2.05) is 56.3 Å². The summed E-state index contributed by atoms with van der Waals surface area (Å²) in [7, 11) is 0. The zero-order valence-electron chi connectivity index (χ0n) is 18.2. The highest BCUT2D eigenvalue weighted by atomic mass is 32.1. The molecule has 7 nitrogen and oxygen atoms in total. The summed E-state index contributed by atoms with van der Waals surface area (Å²) >= 11 is 1.47. The zero-order chi connectivity index (χ0) is 22.1. The van der Waals surface area contributed by atoms with Gasteiger partial charge in [-0.05, 0) is 51.0 Å². The van der Waals surface area contributed by atoms with Crippen molar-refractivity contribution in [1.29, 1.82) is 0 Å². The van der Waals surface area contributed by atoms with Crippen LogP contribution in [0, 0.1) is 0 Å². The van der Waals surface area contributed by atoms with E-state index in [9.17, 15) is 4.79 Å². The highest BCUT2D eigenvalue weighted by molar-refractivity contribution is 7.22. The van der Waals surface area contributed by atoms with Crippen LogP contribution in [0.4, 0.5) is 5.13 Å². The molecule has 0 radical (unpaired) electrons. The van der Waals surface area contributed by atoms with Gasteiger partial charge in [-0.2, -0.15) is 0 Å². The predicted molar refractivity (Wildman–Crippen MR) is 123 cm³/mol. The fourth-order valence-electron chi connectivity index (χ4n) is 4.10. The molecule has 2 aliphatic rings. The van der Waals surface area contributed by atoms with Gasteiger partial charge in [0.25, 0.3) is 5.91 Å². The van der Waals surface area contributed by atoms with Gasteiger partial charge in [0.1, 0.15) is 17.4 Å². The second-order valence-electron chi connectivity index (χ2n) is 7.92. The number of anilines is 1. The summed E-state index contributed by atoms with van der Waals surface area (Å²) in [6, 6.07) is 13.3. The second-order valence-corrected chi connectivity index (χ2v) is 8.93. The first-order chi connectivity index (χ1) is 15.6. The van der Waals surface area contributed by atoms with E-state index in [4.69, 9.17) is 23.9 Å². The zero-order valence-corrected chi connectivity index (χ0v) is 19.0. The maximum Gasteiger partial charge on any atom is 0.273 e. The highest BCUT2D eigenvalue weighted by Crippen LogP contribution is 2.37. The average molecular weight is 455 g/mol. The van der Waals surface area contributed by atoms with Crippen LogP contribution in [0.2, 0.25) is 0 Å². The van der Waals surface area contributed by atoms with Crippen LogP contribution in [0.25, 0.3) is 10.2 Å². The maximum absolute atomic E-state index is 13.8. The van der Waals surface area contributed by atoms with Crippen molar-refractivity contribution < 1.29 is 23.7 Å². The number of amides is 1. The second kappa shape index (κ2) is 8.96. The van der Waals surface area contributed by atoms with Crippen molar-refractivity contribution in [2.45, 2.75) is 45.0 Å². The van der Waals surface area contributed by atoms with E-state index in [1.165, 1.54) is 11.3 Å². The summed E-state index contributed by atoms with van der Waals surface area (Å²) in [5.74, 6) is 1.76. The molecule has 3 atom stereocenters. The molecule has 0 saturated carbocycles. The van der Waals surface area contributed by atoms with E-state index in [0.717, 1.165) is 28.8 Å². The number of hydrogen-bond acceptors (Lipinski definition) is 7. The predicted octanol–water partition coefficient (Wildman–Crippen LogP) is 4.44. The molecule has 8 heteroatoms. The highest BCUT2D eigenvalue weighted by Gasteiger charge is 2.39. The van der Waals surface area contributed by atoms with Gasteiger partial charge in [0.05, 0.1) is 24.0 Å². The summed E-state index contributed by atoms with van der Waals surface area (Å²) in [6.07, 6.45) is 0.680. The van der Waals surface area contributed by atoms with Gasteiger partial charge in [0.15, 0.2) is 16.6 Å². The summed E-state index contributed by atoms with van der Waals surface area (Å²) in [5, 5.41) is 0.613. The molecule has 0 bridgehead atoms. The molecule has 1 amide bonds. The van der Waals surface area contributed by atoms with E-state index >= 15 is 0 Å². The first-order valence-corrected chi connectivity index (χ1v) is 11.8. The van der Waals surface area contributed by atoms with Gasteiger partial charge in [0, 0.05) is 6.61 Å². The lowest BCUT2D eigenvalue weighted by Gasteiger charge is -2.34. The molecule has 1 aromatic heterocycles. The van der Waals surface area contributed by atoms with Crippen LogP contribution < -0.4 is 19.1 Å². The Bertz CT molecular complexity index is 1110. The summed E-state index contributed by atoms with van der Waals surface area (Å²) in [4.78, 5) is 20.3. The lowest BCUT2D eigenvalue weighted by molar-refractivity contribution is -0.131. The number of carbonyl (C=O) groups excluding carboxylic acids is 1. The molecule has 3 unspecified atom stereocenters. The van der Waals surface area contributed by atoms with Crippen molar-refractivity contribution in [1.82, 2.24) is 4.98 Å². The normalized spacial score (nSPS) is 22.1. The van der Waals surface area contributed by atoms with Gasteiger partial charge in [-0.15, -0.1) is 0 Å². The van der Waals surface area contributed by atoms with Crippen molar-refractivity contribution >= 4 is 32.6 Å². The Morgan fingerprint density at radius 2 is 2.00 bits per heavy atom. The fraction of sp³-hybridized carbons (Fsp3) is 0.417. The maximum atomic E-state index is 13.8. The minimum atomic E-state index is -0.773. The van der Waals surface area contributed by atoms with E-state index in [-0.39, 0.29) is 12.0 Å². The number of ether oxygens (including phenoxy) is 4. The number of rotatable bonds is 6. The molecule has 3 heterocycles. The standard InChI is InChI=1S/C24H26N2O5S/c1-3-28-19-11-6-12-20-21(19)25-24(32-20)26(14-16-8-7-13-29-16)23(27)22-15(2)30-17-9-4-5-10-18(17)31-22/h4-6,9-12,15-16,22H,3,7-8,13-14H2,1-2H3. The quantitative estimate of drug-likeness (QED) is 0.549. The van der Waals surface area contributed by atoms with Crippen LogP contribution >= 0.6 is 11.3 Å². The monoisotopic (exact) mass is 454 g/mol. The largest absolute Gasteiger partial charge is 0.492 e. The number of hydrogen-bond donors (Lipinski definition) is 0. The van der Waals surface area contributed by atoms with Gasteiger partial charge in [-0.1, -0.05) is 29.5 Å². The van der Waals surface area contributed by atoms with Crippen molar-refractivity contribution in [3.63, 3.8) is 0 Å². The minimum absolute atomic E-state index is 0.0237. The third-order valence-corrected chi connectivity index (χ3v) is 6.71. The molecule has 1 saturated heterocycles. The number of benzene rings is 2. The SMILES string of the molecule is CCOc1cccc2sc(N(CC3CCCO3)C(=O)C3Oc4ccccc4OC3C)nc12. The lowest BCUT2D eigenvalue weighted by atomic mass is 10.1. The van der Waals surface area contributed by atoms with Gasteiger partial charge in [-0.25, -0.2) is 4.98 Å². The number of aromatic nitrogens is 1. The Labute approximate surface area is 190 Å². The molecule has 0 aliphatic carbocycles. The average Bonchev–Trinajstić information content (AvgIpc) is 3.47. The fourth-order valence-corrected chi connectivity index (χ4v) is 5.10. The van der Waals surface area contributed by atoms with Crippen LogP contribution in [0.3, 0.4) is 0 Å². The van der Waals surface area contributed by atoms with E-state index in [2.05, 4.69) is 0 Å². The summed E-state index contributed by atoms with van der Waals surface area (Å²) in [6.45, 7) is 5.49. The molecular formula is C24H26N2O5S. The van der Waals surface area contributed by atoms with Crippen LogP contribution in [0.15, 0.2) is 42.5 Å². The van der Waals surface area contributed by atoms with Crippen molar-refractivity contribution in [3.05, 3.63) is 42.5 Å². The van der Waals surface area contributed by atoms with Gasteiger partial charge >= 0.3 is 0 Å². The van der Waals surface area contributed by atoms with Crippen LogP contribution in [-0.2, 0) is 9.53 Å². The Morgan fingerprint density at radius 1 is 1.19 bits per heavy atom. The van der Waals surface area contributed by atoms with Gasteiger partial charge in [-0.3, -0.25) is 9.69 Å². The van der Waals surface area contributed by atoms with Crippen molar-refractivity contribution in [3.8, 4) is 17.2 Å². The number of thiazole rings is 1. The smallest absolute Gasteiger partial charge is 0.273 e. The van der Waals surface area contributed by atoms with Gasteiger partial charge in [0.2, 0.25) is 6.10 Å². The van der Waals surface area contributed by atoms with Crippen molar-refractivity contribution in [2.75, 3.05) is 24.7 Å². The topological polar surface area (TPSA) is 70.1 Å². The van der Waals surface area contributed by atoms with Crippen LogP contribution in [-0.4, -0.2) is 49.0 Å². The third-order valence-electron chi connectivity index (χ3n) is 5.66. The van der Waals surface area contributed by atoms with Gasteiger partial charge < -0.3 is 18.9 Å². The molecule has 1 fully saturated rings. The minimum Gasteiger partial charge on any atom is -0.492 e. The molecule has 32 heavy (non-hydrogen) atoms. The van der Waals surface area contributed by atoms with Crippen molar-refractivity contribution in [2.24, 2.45) is 0 Å². The summed E-state index contributed by atoms with van der Waals surface area (Å²) in [5.41, 5.74) is 0.763. The molecule has 0 spiro atoms. The molecule has 0 N–H and O–H groups in total. The number of fused-ring (bicyclic) bond motifs is 2. The van der Waals surface area contributed by atoms with E-state index in [1.54, 1.807) is 4.90 Å².